The molecule has 1 aliphatic heterocycles. The molecule has 2 aliphatic rings. The molecule has 1 saturated carbocycles. The summed E-state index contributed by atoms with van der Waals surface area (Å²) in [5, 5.41) is 11.9. The van der Waals surface area contributed by atoms with Gasteiger partial charge < -0.3 is 15.0 Å². The van der Waals surface area contributed by atoms with Crippen LogP contribution in [0.5, 0.6) is 5.75 Å². The lowest BCUT2D eigenvalue weighted by Gasteiger charge is -2.33. The minimum absolute atomic E-state index is 0.0106. The van der Waals surface area contributed by atoms with E-state index in [0.29, 0.717) is 25.3 Å². The van der Waals surface area contributed by atoms with Crippen molar-refractivity contribution in [3.8, 4) is 11.8 Å². The van der Waals surface area contributed by atoms with E-state index in [1.807, 2.05) is 17.0 Å². The highest BCUT2D eigenvalue weighted by Gasteiger charge is 2.27. The number of nitriles is 1. The van der Waals surface area contributed by atoms with Crippen LogP contribution >= 0.6 is 0 Å². The van der Waals surface area contributed by atoms with Crippen molar-refractivity contribution in [2.24, 2.45) is 5.92 Å². The van der Waals surface area contributed by atoms with E-state index in [-0.39, 0.29) is 30.4 Å². The highest BCUT2D eigenvalue weighted by atomic mass is 16.5. The van der Waals surface area contributed by atoms with E-state index < -0.39 is 0 Å². The van der Waals surface area contributed by atoms with Crippen LogP contribution in [0, 0.1) is 17.2 Å². The number of benzene rings is 1. The fraction of sp³-hybridized carbons (Fsp3) is 0.591. The molecule has 6 nitrogen and oxygen atoms in total. The molecular formula is C22H29N3O3. The van der Waals surface area contributed by atoms with E-state index >= 15 is 0 Å². The van der Waals surface area contributed by atoms with Crippen LogP contribution < -0.4 is 10.1 Å². The van der Waals surface area contributed by atoms with Crippen LogP contribution in [0.3, 0.4) is 0 Å². The zero-order valence-corrected chi connectivity index (χ0v) is 16.4. The molecule has 1 saturated heterocycles. The van der Waals surface area contributed by atoms with Crippen molar-refractivity contribution in [1.29, 1.82) is 5.26 Å². The summed E-state index contributed by atoms with van der Waals surface area (Å²) in [6.07, 6.45) is 7.55. The Labute approximate surface area is 166 Å². The summed E-state index contributed by atoms with van der Waals surface area (Å²) in [6, 6.07) is 9.52. The van der Waals surface area contributed by atoms with Gasteiger partial charge in [-0.3, -0.25) is 9.59 Å². The van der Waals surface area contributed by atoms with E-state index in [1.165, 1.54) is 6.42 Å². The van der Waals surface area contributed by atoms with Gasteiger partial charge in [0, 0.05) is 25.0 Å². The highest BCUT2D eigenvalue weighted by molar-refractivity contribution is 5.79. The van der Waals surface area contributed by atoms with Gasteiger partial charge in [-0.15, -0.1) is 0 Å². The van der Waals surface area contributed by atoms with Gasteiger partial charge in [0.05, 0.1) is 12.5 Å². The molecule has 1 aromatic rings. The van der Waals surface area contributed by atoms with Crippen molar-refractivity contribution < 1.29 is 14.3 Å². The van der Waals surface area contributed by atoms with Gasteiger partial charge in [0.1, 0.15) is 5.75 Å². The number of hydrogen-bond acceptors (Lipinski definition) is 4. The van der Waals surface area contributed by atoms with Gasteiger partial charge in [0.15, 0.2) is 6.61 Å². The average molecular weight is 383 g/mol. The Morgan fingerprint density at radius 2 is 1.75 bits per heavy atom. The minimum Gasteiger partial charge on any atom is -0.484 e. The van der Waals surface area contributed by atoms with Crippen molar-refractivity contribution in [2.45, 2.75) is 57.4 Å². The number of hydrogen-bond donors (Lipinski definition) is 1. The lowest BCUT2D eigenvalue weighted by molar-refractivity contribution is -0.134. The highest BCUT2D eigenvalue weighted by Crippen LogP contribution is 2.24. The van der Waals surface area contributed by atoms with Gasteiger partial charge in [-0.2, -0.15) is 5.26 Å². The number of ether oxygens (including phenoxy) is 1. The molecule has 2 fully saturated rings. The minimum atomic E-state index is -0.0295. The lowest BCUT2D eigenvalue weighted by atomic mass is 9.88. The lowest BCUT2D eigenvalue weighted by Crippen LogP contribution is -2.48. The first-order valence-electron chi connectivity index (χ1n) is 10.3. The summed E-state index contributed by atoms with van der Waals surface area (Å²) in [5.74, 6) is 0.983. The zero-order valence-electron chi connectivity index (χ0n) is 16.4. The summed E-state index contributed by atoms with van der Waals surface area (Å²) < 4.78 is 5.58. The van der Waals surface area contributed by atoms with Crippen molar-refractivity contribution in [3.63, 3.8) is 0 Å². The van der Waals surface area contributed by atoms with Gasteiger partial charge in [0.25, 0.3) is 5.91 Å². The Balaban J connectivity index is 1.37. The van der Waals surface area contributed by atoms with Crippen LogP contribution in [0.25, 0.3) is 0 Å². The molecule has 0 bridgehead atoms. The number of carbonyl (C=O) groups excluding carboxylic acids is 2. The molecule has 0 atom stereocenters. The number of rotatable bonds is 6. The molecule has 1 aliphatic carbocycles. The normalized spacial score (nSPS) is 18.3. The Kier molecular flexibility index (Phi) is 7.30. The predicted molar refractivity (Wildman–Crippen MR) is 106 cm³/mol. The maximum atomic E-state index is 12.4. The number of amides is 2. The number of piperidine rings is 1. The van der Waals surface area contributed by atoms with E-state index in [9.17, 15) is 9.59 Å². The fourth-order valence-corrected chi connectivity index (χ4v) is 3.99. The van der Waals surface area contributed by atoms with E-state index in [4.69, 9.17) is 10.00 Å². The maximum absolute atomic E-state index is 12.4. The van der Waals surface area contributed by atoms with Crippen LogP contribution in [0.1, 0.15) is 50.5 Å². The summed E-state index contributed by atoms with van der Waals surface area (Å²) in [5.41, 5.74) is 0.929. The van der Waals surface area contributed by atoms with Crippen molar-refractivity contribution in [3.05, 3.63) is 29.8 Å². The van der Waals surface area contributed by atoms with E-state index in [2.05, 4.69) is 11.4 Å². The van der Waals surface area contributed by atoms with Crippen LogP contribution in [0.2, 0.25) is 0 Å². The SMILES string of the molecule is N#CCc1ccc(OCC(=O)N2CCC(NC(=O)C3CCCCC3)CC2)cc1. The third-order valence-electron chi connectivity index (χ3n) is 5.74. The van der Waals surface area contributed by atoms with Gasteiger partial charge in [-0.25, -0.2) is 0 Å². The van der Waals surface area contributed by atoms with Crippen LogP contribution in [0.4, 0.5) is 0 Å². The van der Waals surface area contributed by atoms with Crippen LogP contribution in [-0.2, 0) is 16.0 Å². The molecule has 2 amide bonds. The Morgan fingerprint density at radius 3 is 2.39 bits per heavy atom. The second-order valence-electron chi connectivity index (χ2n) is 7.77. The third-order valence-corrected chi connectivity index (χ3v) is 5.74. The topological polar surface area (TPSA) is 82.4 Å². The first kappa shape index (κ1) is 20.2. The quantitative estimate of drug-likeness (QED) is 0.819. The Bertz CT molecular complexity index is 697. The summed E-state index contributed by atoms with van der Waals surface area (Å²) in [7, 11) is 0. The monoisotopic (exact) mass is 383 g/mol. The Hall–Kier alpha value is -2.55. The van der Waals surface area contributed by atoms with Crippen molar-refractivity contribution in [1.82, 2.24) is 10.2 Å². The molecule has 0 radical (unpaired) electrons. The number of likely N-dealkylation sites (tertiary alicyclic amines) is 1. The van der Waals surface area contributed by atoms with Crippen LogP contribution in [-0.4, -0.2) is 42.5 Å². The first-order chi connectivity index (χ1) is 13.7. The van der Waals surface area contributed by atoms with E-state index in [1.54, 1.807) is 12.1 Å². The molecule has 1 aromatic carbocycles. The number of carbonyl (C=O) groups is 2. The van der Waals surface area contributed by atoms with Crippen molar-refractivity contribution >= 4 is 11.8 Å². The second-order valence-corrected chi connectivity index (χ2v) is 7.77. The molecular weight excluding hydrogens is 354 g/mol. The van der Waals surface area contributed by atoms with Gasteiger partial charge in [-0.05, 0) is 43.4 Å². The largest absolute Gasteiger partial charge is 0.484 e. The molecule has 0 unspecified atom stereocenters. The Morgan fingerprint density at radius 1 is 1.07 bits per heavy atom. The van der Waals surface area contributed by atoms with Gasteiger partial charge in [-0.1, -0.05) is 31.4 Å². The second kappa shape index (κ2) is 10.1. The molecule has 3 rings (SSSR count). The predicted octanol–water partition coefficient (Wildman–Crippen LogP) is 2.82. The van der Waals surface area contributed by atoms with Crippen LogP contribution in [0.15, 0.2) is 24.3 Å². The number of nitrogens with zero attached hydrogens (tertiary/aromatic N) is 2. The number of nitrogens with one attached hydrogen (secondary N) is 1. The fourth-order valence-electron chi connectivity index (χ4n) is 3.99. The average Bonchev–Trinajstić information content (AvgIpc) is 2.74. The molecule has 0 spiro atoms. The molecule has 0 aromatic heterocycles. The standard InChI is InChI=1S/C22H29N3O3/c23-13-10-17-6-8-20(9-7-17)28-16-21(26)25-14-11-19(12-15-25)24-22(27)18-4-2-1-3-5-18/h6-9,18-19H,1-5,10-12,14-16H2,(H,24,27). The van der Waals surface area contributed by atoms with Gasteiger partial charge in [0.2, 0.25) is 5.91 Å². The van der Waals surface area contributed by atoms with Gasteiger partial charge >= 0.3 is 0 Å². The first-order valence-corrected chi connectivity index (χ1v) is 10.3. The summed E-state index contributed by atoms with van der Waals surface area (Å²) >= 11 is 0. The molecule has 6 heteroatoms. The van der Waals surface area contributed by atoms with E-state index in [0.717, 1.165) is 44.1 Å². The summed E-state index contributed by atoms with van der Waals surface area (Å²) in [4.78, 5) is 26.6. The van der Waals surface area contributed by atoms with Crippen molar-refractivity contribution in [2.75, 3.05) is 19.7 Å². The maximum Gasteiger partial charge on any atom is 0.260 e. The third kappa shape index (κ3) is 5.72. The smallest absolute Gasteiger partial charge is 0.260 e. The molecule has 1 N–H and O–H groups in total. The molecule has 28 heavy (non-hydrogen) atoms. The molecule has 1 heterocycles. The molecule has 150 valence electrons. The summed E-state index contributed by atoms with van der Waals surface area (Å²) in [6.45, 7) is 1.31. The zero-order chi connectivity index (χ0) is 19.8.